The zero-order chi connectivity index (χ0) is 9.16. The van der Waals surface area contributed by atoms with Crippen molar-refractivity contribution < 1.29 is 19.4 Å². The van der Waals surface area contributed by atoms with Gasteiger partial charge in [-0.2, -0.15) is 0 Å². The molecule has 3 fully saturated rings. The molecule has 4 heteroatoms. The van der Waals surface area contributed by atoms with Crippen molar-refractivity contribution in [2.75, 3.05) is 0 Å². The number of hydrogen-bond donors (Lipinski definition) is 1. The molecule has 0 aromatic heterocycles. The van der Waals surface area contributed by atoms with Crippen LogP contribution in [0.4, 0.5) is 0 Å². The maximum Gasteiger partial charge on any atom is 0.310 e. The van der Waals surface area contributed by atoms with E-state index in [9.17, 15) is 9.59 Å². The molecule has 0 amide bonds. The number of hydrogen-bond acceptors (Lipinski definition) is 3. The quantitative estimate of drug-likeness (QED) is 0.591. The molecular weight excluding hydrogens is 172 g/mol. The van der Waals surface area contributed by atoms with E-state index in [2.05, 4.69) is 0 Å². The van der Waals surface area contributed by atoms with E-state index in [-0.39, 0.29) is 29.8 Å². The van der Waals surface area contributed by atoms with Crippen molar-refractivity contribution in [2.24, 2.45) is 23.7 Å². The SMILES string of the molecule is O=C1O[C@@H]2C[C@H]3C[C@H]2[C@@H]1[C@H]3C(=O)O. The van der Waals surface area contributed by atoms with Crippen molar-refractivity contribution in [1.82, 2.24) is 0 Å². The van der Waals surface area contributed by atoms with Gasteiger partial charge in [-0.05, 0) is 18.8 Å². The van der Waals surface area contributed by atoms with E-state index in [0.29, 0.717) is 0 Å². The van der Waals surface area contributed by atoms with E-state index in [1.165, 1.54) is 0 Å². The summed E-state index contributed by atoms with van der Waals surface area (Å²) in [5, 5.41) is 8.97. The number of rotatable bonds is 1. The maximum absolute atomic E-state index is 11.3. The molecule has 3 rings (SSSR count). The Morgan fingerprint density at radius 3 is 2.92 bits per heavy atom. The number of fused-ring (bicyclic) bond motifs is 1. The molecule has 1 N–H and O–H groups in total. The van der Waals surface area contributed by atoms with Crippen molar-refractivity contribution in [3.63, 3.8) is 0 Å². The highest BCUT2D eigenvalue weighted by Crippen LogP contribution is 2.57. The first-order chi connectivity index (χ1) is 6.18. The average Bonchev–Trinajstić information content (AvgIpc) is 2.60. The predicted molar refractivity (Wildman–Crippen MR) is 40.7 cm³/mol. The van der Waals surface area contributed by atoms with Crippen LogP contribution in [0.3, 0.4) is 0 Å². The van der Waals surface area contributed by atoms with Crippen LogP contribution in [0, 0.1) is 23.7 Å². The van der Waals surface area contributed by atoms with Crippen LogP contribution in [-0.4, -0.2) is 23.1 Å². The van der Waals surface area contributed by atoms with Gasteiger partial charge in [0.15, 0.2) is 0 Å². The van der Waals surface area contributed by atoms with Gasteiger partial charge in [0.05, 0.1) is 11.8 Å². The van der Waals surface area contributed by atoms with Crippen LogP contribution >= 0.6 is 0 Å². The first kappa shape index (κ1) is 7.35. The van der Waals surface area contributed by atoms with Crippen molar-refractivity contribution in [3.8, 4) is 0 Å². The summed E-state index contributed by atoms with van der Waals surface area (Å²) in [6.07, 6.45) is 1.68. The lowest BCUT2D eigenvalue weighted by molar-refractivity contribution is -0.151. The van der Waals surface area contributed by atoms with Crippen LogP contribution in [0.25, 0.3) is 0 Å². The number of carboxylic acid groups (broad SMARTS) is 1. The molecule has 2 bridgehead atoms. The molecule has 0 aromatic carbocycles. The Kier molecular flexibility index (Phi) is 1.16. The first-order valence-corrected chi connectivity index (χ1v) is 4.62. The number of ether oxygens (including phenoxy) is 1. The summed E-state index contributed by atoms with van der Waals surface area (Å²) in [5.74, 6) is -1.50. The molecule has 4 nitrogen and oxygen atoms in total. The second-order valence-corrected chi connectivity index (χ2v) is 4.26. The van der Waals surface area contributed by atoms with Gasteiger partial charge in [0, 0.05) is 5.92 Å². The van der Waals surface area contributed by atoms with Crippen molar-refractivity contribution in [3.05, 3.63) is 0 Å². The van der Waals surface area contributed by atoms with E-state index < -0.39 is 11.9 Å². The van der Waals surface area contributed by atoms with Crippen LogP contribution in [-0.2, 0) is 14.3 Å². The van der Waals surface area contributed by atoms with Crippen molar-refractivity contribution in [1.29, 1.82) is 0 Å². The van der Waals surface area contributed by atoms with Crippen LogP contribution in [0.2, 0.25) is 0 Å². The Bertz CT molecular complexity index is 296. The Labute approximate surface area is 74.9 Å². The summed E-state index contributed by atoms with van der Waals surface area (Å²) in [6, 6.07) is 0. The lowest BCUT2D eigenvalue weighted by atomic mass is 9.80. The third kappa shape index (κ3) is 0.716. The lowest BCUT2D eigenvalue weighted by Crippen LogP contribution is -2.31. The number of carbonyl (C=O) groups excluding carboxylic acids is 1. The topological polar surface area (TPSA) is 63.6 Å². The Morgan fingerprint density at radius 1 is 1.46 bits per heavy atom. The summed E-state index contributed by atoms with van der Waals surface area (Å²) >= 11 is 0. The van der Waals surface area contributed by atoms with E-state index in [4.69, 9.17) is 9.84 Å². The minimum atomic E-state index is -0.824. The minimum Gasteiger partial charge on any atom is -0.481 e. The molecule has 3 aliphatic rings. The highest BCUT2D eigenvalue weighted by Gasteiger charge is 2.64. The van der Waals surface area contributed by atoms with E-state index in [1.807, 2.05) is 0 Å². The fourth-order valence-electron chi connectivity index (χ4n) is 3.34. The molecule has 5 atom stereocenters. The average molecular weight is 182 g/mol. The van der Waals surface area contributed by atoms with Crippen molar-refractivity contribution in [2.45, 2.75) is 18.9 Å². The van der Waals surface area contributed by atoms with E-state index in [0.717, 1.165) is 12.8 Å². The molecular formula is C9H10O4. The van der Waals surface area contributed by atoms with Gasteiger partial charge in [-0.25, -0.2) is 0 Å². The van der Waals surface area contributed by atoms with Gasteiger partial charge in [-0.15, -0.1) is 0 Å². The van der Waals surface area contributed by atoms with Gasteiger partial charge in [0.25, 0.3) is 0 Å². The number of carboxylic acids is 1. The molecule has 0 aromatic rings. The summed E-state index contributed by atoms with van der Waals surface area (Å²) < 4.78 is 5.12. The second-order valence-electron chi connectivity index (χ2n) is 4.26. The molecule has 70 valence electrons. The zero-order valence-electron chi connectivity index (χ0n) is 6.97. The third-order valence-electron chi connectivity index (χ3n) is 3.77. The monoisotopic (exact) mass is 182 g/mol. The summed E-state index contributed by atoms with van der Waals surface area (Å²) in [6.45, 7) is 0. The molecule has 2 aliphatic carbocycles. The highest BCUT2D eigenvalue weighted by molar-refractivity contribution is 5.84. The van der Waals surface area contributed by atoms with E-state index in [1.54, 1.807) is 0 Å². The summed E-state index contributed by atoms with van der Waals surface area (Å²) in [4.78, 5) is 22.2. The lowest BCUT2D eigenvalue weighted by Gasteiger charge is -2.19. The Hall–Kier alpha value is -1.06. The molecule has 0 unspecified atom stereocenters. The predicted octanol–water partition coefficient (Wildman–Crippen LogP) is 0.269. The van der Waals surface area contributed by atoms with Gasteiger partial charge >= 0.3 is 11.9 Å². The van der Waals surface area contributed by atoms with Gasteiger partial charge < -0.3 is 9.84 Å². The second kappa shape index (κ2) is 2.05. The van der Waals surface area contributed by atoms with Crippen LogP contribution in [0.15, 0.2) is 0 Å². The first-order valence-electron chi connectivity index (χ1n) is 4.62. The Balaban J connectivity index is 2.01. The fraction of sp³-hybridized carbons (Fsp3) is 0.778. The summed E-state index contributed by atoms with van der Waals surface area (Å²) in [5.41, 5.74) is 0. The molecule has 1 saturated heterocycles. The number of aliphatic carboxylic acids is 1. The minimum absolute atomic E-state index is 0.0399. The number of esters is 1. The van der Waals surface area contributed by atoms with Crippen LogP contribution < -0.4 is 0 Å². The van der Waals surface area contributed by atoms with E-state index >= 15 is 0 Å². The zero-order valence-corrected chi connectivity index (χ0v) is 6.97. The maximum atomic E-state index is 11.3. The smallest absolute Gasteiger partial charge is 0.310 e. The van der Waals surface area contributed by atoms with Gasteiger partial charge in [-0.3, -0.25) is 9.59 Å². The largest absolute Gasteiger partial charge is 0.481 e. The van der Waals surface area contributed by atoms with Crippen LogP contribution in [0.1, 0.15) is 12.8 Å². The van der Waals surface area contributed by atoms with Gasteiger partial charge in [0.1, 0.15) is 6.10 Å². The third-order valence-corrected chi connectivity index (χ3v) is 3.77. The van der Waals surface area contributed by atoms with Crippen LogP contribution in [0.5, 0.6) is 0 Å². The Morgan fingerprint density at radius 2 is 2.23 bits per heavy atom. The standard InChI is InChI=1S/C9H10O4/c10-8(11)6-3-1-4-5(2-3)13-9(12)7(4)6/h3-7H,1-2H2,(H,10,11)/t3-,4-,5-,6+,7-/m1/s1. The normalized spacial score (nSPS) is 51.1. The highest BCUT2D eigenvalue weighted by atomic mass is 16.6. The molecule has 0 spiro atoms. The van der Waals surface area contributed by atoms with Crippen molar-refractivity contribution >= 4 is 11.9 Å². The number of carbonyl (C=O) groups is 2. The molecule has 13 heavy (non-hydrogen) atoms. The molecule has 1 aliphatic heterocycles. The molecule has 2 saturated carbocycles. The fourth-order valence-corrected chi connectivity index (χ4v) is 3.34. The molecule has 1 heterocycles. The summed E-state index contributed by atoms with van der Waals surface area (Å²) in [7, 11) is 0. The van der Waals surface area contributed by atoms with Gasteiger partial charge in [0.2, 0.25) is 0 Å². The molecule has 0 radical (unpaired) electrons. The van der Waals surface area contributed by atoms with Gasteiger partial charge in [-0.1, -0.05) is 0 Å².